The molecule has 2 bridgehead atoms. The molecule has 0 amide bonds. The van der Waals surface area contributed by atoms with Gasteiger partial charge >= 0.3 is 0 Å². The van der Waals surface area contributed by atoms with Crippen molar-refractivity contribution in [1.82, 2.24) is 10.3 Å². The lowest BCUT2D eigenvalue weighted by atomic mass is 10.0. The van der Waals surface area contributed by atoms with E-state index in [0.29, 0.717) is 18.2 Å². The molecule has 2 fully saturated rings. The maximum Gasteiger partial charge on any atom is 0.120 e. The fourth-order valence-corrected chi connectivity index (χ4v) is 3.81. The molecule has 3 heteroatoms. The van der Waals surface area contributed by atoms with Gasteiger partial charge in [-0.3, -0.25) is 4.98 Å². The molecular weight excluding hydrogens is 272 g/mol. The summed E-state index contributed by atoms with van der Waals surface area (Å²) in [5.41, 5.74) is 3.70. The van der Waals surface area contributed by atoms with E-state index in [9.17, 15) is 0 Å². The number of aromatic nitrogens is 1. The van der Waals surface area contributed by atoms with E-state index in [2.05, 4.69) is 47.6 Å². The maximum absolute atomic E-state index is 6.30. The van der Waals surface area contributed by atoms with Crippen LogP contribution in [0.2, 0.25) is 0 Å². The van der Waals surface area contributed by atoms with Gasteiger partial charge in [0.05, 0.1) is 0 Å². The molecule has 0 spiro atoms. The number of rotatable bonds is 3. The molecular formula is C19H22N2O. The SMILES string of the molecule is Cc1ccc(OC2CC3CCC(C2)N3)cc1-c1ccncc1. The van der Waals surface area contributed by atoms with Gasteiger partial charge in [-0.1, -0.05) is 6.07 Å². The number of aryl methyl sites for hydroxylation is 1. The van der Waals surface area contributed by atoms with Crippen LogP contribution in [-0.4, -0.2) is 23.2 Å². The second-order valence-electron chi connectivity index (χ2n) is 6.56. The van der Waals surface area contributed by atoms with Crippen molar-refractivity contribution in [2.75, 3.05) is 0 Å². The molecule has 2 saturated heterocycles. The van der Waals surface area contributed by atoms with E-state index >= 15 is 0 Å². The number of ether oxygens (including phenoxy) is 1. The van der Waals surface area contributed by atoms with Crippen LogP contribution in [0.3, 0.4) is 0 Å². The van der Waals surface area contributed by atoms with Gasteiger partial charge in [0.25, 0.3) is 0 Å². The van der Waals surface area contributed by atoms with Gasteiger partial charge in [0.1, 0.15) is 11.9 Å². The average Bonchev–Trinajstić information content (AvgIpc) is 2.89. The molecule has 4 rings (SSSR count). The van der Waals surface area contributed by atoms with Gasteiger partial charge in [-0.05, 0) is 73.6 Å². The van der Waals surface area contributed by atoms with Crippen molar-refractivity contribution < 1.29 is 4.74 Å². The van der Waals surface area contributed by atoms with E-state index in [-0.39, 0.29) is 0 Å². The zero-order chi connectivity index (χ0) is 14.9. The molecule has 2 aliphatic rings. The van der Waals surface area contributed by atoms with Crippen molar-refractivity contribution >= 4 is 0 Å². The molecule has 1 N–H and O–H groups in total. The van der Waals surface area contributed by atoms with Crippen LogP contribution < -0.4 is 10.1 Å². The Balaban J connectivity index is 1.55. The predicted octanol–water partition coefficient (Wildman–Crippen LogP) is 3.72. The molecule has 0 aliphatic carbocycles. The summed E-state index contributed by atoms with van der Waals surface area (Å²) in [5, 5.41) is 3.67. The van der Waals surface area contributed by atoms with Crippen molar-refractivity contribution in [3.8, 4) is 16.9 Å². The Morgan fingerprint density at radius 2 is 1.77 bits per heavy atom. The first-order valence-corrected chi connectivity index (χ1v) is 8.22. The van der Waals surface area contributed by atoms with Gasteiger partial charge < -0.3 is 10.1 Å². The maximum atomic E-state index is 6.30. The van der Waals surface area contributed by atoms with Crippen LogP contribution in [0, 0.1) is 6.92 Å². The largest absolute Gasteiger partial charge is 0.490 e. The molecule has 2 unspecified atom stereocenters. The Labute approximate surface area is 131 Å². The molecule has 1 aromatic carbocycles. The number of hydrogen-bond donors (Lipinski definition) is 1. The first-order chi connectivity index (χ1) is 10.8. The van der Waals surface area contributed by atoms with Crippen LogP contribution in [0.15, 0.2) is 42.7 Å². The van der Waals surface area contributed by atoms with Crippen LogP contribution >= 0.6 is 0 Å². The zero-order valence-electron chi connectivity index (χ0n) is 13.0. The monoisotopic (exact) mass is 294 g/mol. The van der Waals surface area contributed by atoms with E-state index in [1.54, 1.807) is 0 Å². The lowest BCUT2D eigenvalue weighted by molar-refractivity contribution is 0.137. The van der Waals surface area contributed by atoms with Crippen molar-refractivity contribution in [1.29, 1.82) is 0 Å². The Hall–Kier alpha value is -1.87. The highest BCUT2D eigenvalue weighted by atomic mass is 16.5. The smallest absolute Gasteiger partial charge is 0.120 e. The number of benzene rings is 1. The Morgan fingerprint density at radius 1 is 1.05 bits per heavy atom. The summed E-state index contributed by atoms with van der Waals surface area (Å²) in [6.45, 7) is 2.14. The zero-order valence-corrected chi connectivity index (χ0v) is 13.0. The van der Waals surface area contributed by atoms with Crippen molar-refractivity contribution in [2.45, 2.75) is 50.8 Å². The third kappa shape index (κ3) is 2.73. The van der Waals surface area contributed by atoms with Gasteiger partial charge in [-0.15, -0.1) is 0 Å². The fourth-order valence-electron chi connectivity index (χ4n) is 3.81. The van der Waals surface area contributed by atoms with Gasteiger partial charge in [0.2, 0.25) is 0 Å². The Kier molecular flexibility index (Phi) is 3.59. The highest BCUT2D eigenvalue weighted by Crippen LogP contribution is 2.32. The number of nitrogens with one attached hydrogen (secondary N) is 1. The summed E-state index contributed by atoms with van der Waals surface area (Å²) < 4.78 is 6.30. The van der Waals surface area contributed by atoms with E-state index in [0.717, 1.165) is 18.6 Å². The fraction of sp³-hybridized carbons (Fsp3) is 0.421. The van der Waals surface area contributed by atoms with E-state index in [4.69, 9.17) is 4.74 Å². The van der Waals surface area contributed by atoms with Crippen LogP contribution in [0.4, 0.5) is 0 Å². The second kappa shape index (κ2) is 5.73. The average molecular weight is 294 g/mol. The molecule has 2 aliphatic heterocycles. The highest BCUT2D eigenvalue weighted by molar-refractivity contribution is 5.68. The van der Waals surface area contributed by atoms with Crippen molar-refractivity contribution in [3.63, 3.8) is 0 Å². The van der Waals surface area contributed by atoms with E-state index in [1.165, 1.54) is 29.5 Å². The molecule has 2 atom stereocenters. The number of pyridine rings is 1. The summed E-state index contributed by atoms with van der Waals surface area (Å²) in [6, 6.07) is 11.9. The Morgan fingerprint density at radius 3 is 2.50 bits per heavy atom. The van der Waals surface area contributed by atoms with E-state index in [1.807, 2.05) is 12.4 Å². The summed E-state index contributed by atoms with van der Waals surface area (Å²) in [5.74, 6) is 0.990. The summed E-state index contributed by atoms with van der Waals surface area (Å²) >= 11 is 0. The number of piperidine rings is 1. The third-order valence-corrected chi connectivity index (χ3v) is 4.93. The molecule has 3 nitrogen and oxygen atoms in total. The number of hydrogen-bond acceptors (Lipinski definition) is 3. The molecule has 2 aromatic rings. The molecule has 114 valence electrons. The summed E-state index contributed by atoms with van der Waals surface area (Å²) in [4.78, 5) is 4.10. The third-order valence-electron chi connectivity index (χ3n) is 4.93. The van der Waals surface area contributed by atoms with Crippen LogP contribution in [0.5, 0.6) is 5.75 Å². The van der Waals surface area contributed by atoms with Crippen LogP contribution in [0.1, 0.15) is 31.2 Å². The number of nitrogens with zero attached hydrogens (tertiary/aromatic N) is 1. The minimum Gasteiger partial charge on any atom is -0.490 e. The number of fused-ring (bicyclic) bond motifs is 2. The first-order valence-electron chi connectivity index (χ1n) is 8.22. The second-order valence-corrected chi connectivity index (χ2v) is 6.56. The summed E-state index contributed by atoms with van der Waals surface area (Å²) in [6.07, 6.45) is 8.91. The predicted molar refractivity (Wildman–Crippen MR) is 88.0 cm³/mol. The van der Waals surface area contributed by atoms with Gasteiger partial charge in [-0.2, -0.15) is 0 Å². The lowest BCUT2D eigenvalue weighted by Crippen LogP contribution is -2.42. The van der Waals surface area contributed by atoms with Gasteiger partial charge in [0, 0.05) is 24.5 Å². The standard InChI is InChI=1S/C19H22N2O/c1-13-2-5-17(12-19(13)14-6-8-20-9-7-14)22-18-10-15-3-4-16(11-18)21-15/h2,5-9,12,15-16,18,21H,3-4,10-11H2,1H3. The van der Waals surface area contributed by atoms with Crippen LogP contribution in [0.25, 0.3) is 11.1 Å². The molecule has 3 heterocycles. The molecule has 22 heavy (non-hydrogen) atoms. The molecule has 1 aromatic heterocycles. The highest BCUT2D eigenvalue weighted by Gasteiger charge is 2.34. The Bertz CT molecular complexity index is 644. The van der Waals surface area contributed by atoms with Crippen molar-refractivity contribution in [2.24, 2.45) is 0 Å². The summed E-state index contributed by atoms with van der Waals surface area (Å²) in [7, 11) is 0. The topological polar surface area (TPSA) is 34.1 Å². The molecule has 0 saturated carbocycles. The van der Waals surface area contributed by atoms with Gasteiger partial charge in [0.15, 0.2) is 0 Å². The quantitative estimate of drug-likeness (QED) is 0.937. The first kappa shape index (κ1) is 13.8. The van der Waals surface area contributed by atoms with Crippen LogP contribution in [-0.2, 0) is 0 Å². The molecule has 0 radical (unpaired) electrons. The minimum absolute atomic E-state index is 0.353. The van der Waals surface area contributed by atoms with Crippen molar-refractivity contribution in [3.05, 3.63) is 48.3 Å². The normalized spacial score (nSPS) is 26.9. The van der Waals surface area contributed by atoms with Gasteiger partial charge in [-0.25, -0.2) is 0 Å². The van der Waals surface area contributed by atoms with E-state index < -0.39 is 0 Å². The lowest BCUT2D eigenvalue weighted by Gasteiger charge is -2.29. The minimum atomic E-state index is 0.353.